The van der Waals surface area contributed by atoms with Gasteiger partial charge >= 0.3 is 5.97 Å². The van der Waals surface area contributed by atoms with Gasteiger partial charge in [-0.15, -0.1) is 0 Å². The van der Waals surface area contributed by atoms with Crippen molar-refractivity contribution in [1.82, 2.24) is 9.91 Å². The van der Waals surface area contributed by atoms with Crippen molar-refractivity contribution in [3.05, 3.63) is 63.7 Å². The predicted molar refractivity (Wildman–Crippen MR) is 122 cm³/mol. The molecule has 1 fully saturated rings. The van der Waals surface area contributed by atoms with E-state index in [2.05, 4.69) is 42.0 Å². The number of carbonyl (C=O) groups excluding carboxylic acids is 1. The number of carbonyl (C=O) groups is 1. The van der Waals surface area contributed by atoms with Crippen LogP contribution in [0.1, 0.15) is 43.0 Å². The van der Waals surface area contributed by atoms with E-state index >= 15 is 0 Å². The van der Waals surface area contributed by atoms with Crippen LogP contribution in [-0.4, -0.2) is 48.3 Å². The van der Waals surface area contributed by atoms with Crippen molar-refractivity contribution in [1.29, 1.82) is 0 Å². The molecular weight excluding hydrogens is 398 g/mol. The number of halogens is 1. The number of hydrazone groups is 1. The van der Waals surface area contributed by atoms with Crippen molar-refractivity contribution in [3.63, 3.8) is 0 Å². The summed E-state index contributed by atoms with van der Waals surface area (Å²) in [7, 11) is 0. The fraction of sp³-hybridized carbons (Fsp3) is 0.417. The molecule has 3 rings (SSSR count). The van der Waals surface area contributed by atoms with Crippen molar-refractivity contribution in [2.75, 3.05) is 26.2 Å². The second-order valence-electron chi connectivity index (χ2n) is 7.53. The Bertz CT molecular complexity index is 880. The molecule has 1 saturated heterocycles. The summed E-state index contributed by atoms with van der Waals surface area (Å²) in [5.74, 6) is 0.424. The minimum Gasteiger partial charge on any atom is -0.426 e. The second-order valence-corrected chi connectivity index (χ2v) is 7.94. The number of rotatable bonds is 7. The Balaban J connectivity index is 1.62. The highest BCUT2D eigenvalue weighted by Gasteiger charge is 2.17. The monoisotopic (exact) mass is 427 g/mol. The number of hydrogen-bond donors (Lipinski definition) is 0. The van der Waals surface area contributed by atoms with Gasteiger partial charge in [-0.2, -0.15) is 5.10 Å². The molecule has 2 aromatic carbocycles. The topological polar surface area (TPSA) is 45.1 Å². The van der Waals surface area contributed by atoms with Gasteiger partial charge in [0.2, 0.25) is 0 Å². The van der Waals surface area contributed by atoms with Gasteiger partial charge in [-0.25, -0.2) is 0 Å². The van der Waals surface area contributed by atoms with Gasteiger partial charge in [0.05, 0.1) is 6.21 Å². The fourth-order valence-electron chi connectivity index (χ4n) is 3.68. The molecule has 0 bridgehead atoms. The molecule has 0 unspecified atom stereocenters. The zero-order chi connectivity index (χ0) is 21.5. The molecule has 30 heavy (non-hydrogen) atoms. The Morgan fingerprint density at radius 1 is 1.07 bits per heavy atom. The number of aryl methyl sites for hydroxylation is 2. The Morgan fingerprint density at radius 3 is 2.27 bits per heavy atom. The van der Waals surface area contributed by atoms with Crippen molar-refractivity contribution in [3.8, 4) is 5.75 Å². The molecule has 1 heterocycles. The molecule has 2 aromatic rings. The largest absolute Gasteiger partial charge is 0.426 e. The van der Waals surface area contributed by atoms with E-state index in [1.54, 1.807) is 0 Å². The minimum absolute atomic E-state index is 0.282. The maximum absolute atomic E-state index is 11.5. The van der Waals surface area contributed by atoms with Crippen LogP contribution in [0.3, 0.4) is 0 Å². The minimum atomic E-state index is -0.282. The predicted octanol–water partition coefficient (Wildman–Crippen LogP) is 4.54. The van der Waals surface area contributed by atoms with Gasteiger partial charge in [-0.05, 0) is 53.3 Å². The number of nitrogens with zero attached hydrogens (tertiary/aromatic N) is 3. The van der Waals surface area contributed by atoms with Crippen molar-refractivity contribution < 1.29 is 9.53 Å². The average molecular weight is 428 g/mol. The Kier molecular flexibility index (Phi) is 7.88. The Labute approximate surface area is 184 Å². The van der Waals surface area contributed by atoms with Crippen LogP contribution in [0.2, 0.25) is 5.02 Å². The van der Waals surface area contributed by atoms with Crippen LogP contribution in [0.4, 0.5) is 0 Å². The lowest BCUT2D eigenvalue weighted by Crippen LogP contribution is -2.43. The first-order chi connectivity index (χ1) is 14.5. The van der Waals surface area contributed by atoms with Gasteiger partial charge in [0.15, 0.2) is 0 Å². The van der Waals surface area contributed by atoms with E-state index in [0.29, 0.717) is 5.75 Å². The smallest absolute Gasteiger partial charge is 0.308 e. The van der Waals surface area contributed by atoms with Gasteiger partial charge in [0.25, 0.3) is 0 Å². The van der Waals surface area contributed by atoms with E-state index in [4.69, 9.17) is 21.4 Å². The molecule has 6 heteroatoms. The number of piperazine rings is 1. The molecule has 5 nitrogen and oxygen atoms in total. The number of esters is 1. The van der Waals surface area contributed by atoms with Crippen molar-refractivity contribution in [2.45, 2.75) is 40.2 Å². The van der Waals surface area contributed by atoms with Crippen molar-refractivity contribution >= 4 is 23.8 Å². The van der Waals surface area contributed by atoms with E-state index in [9.17, 15) is 4.79 Å². The summed E-state index contributed by atoms with van der Waals surface area (Å²) in [4.78, 5) is 13.9. The highest BCUT2D eigenvalue weighted by molar-refractivity contribution is 6.31. The number of ether oxygens (including phenoxy) is 1. The molecule has 0 N–H and O–H groups in total. The lowest BCUT2D eigenvalue weighted by Gasteiger charge is -2.33. The van der Waals surface area contributed by atoms with Crippen LogP contribution < -0.4 is 4.74 Å². The van der Waals surface area contributed by atoms with Crippen LogP contribution in [0.25, 0.3) is 0 Å². The molecule has 1 aliphatic heterocycles. The number of hydrogen-bond acceptors (Lipinski definition) is 5. The van der Waals surface area contributed by atoms with Crippen LogP contribution in [0.5, 0.6) is 5.75 Å². The zero-order valence-electron chi connectivity index (χ0n) is 18.0. The van der Waals surface area contributed by atoms with Gasteiger partial charge in [-0.1, -0.05) is 43.6 Å². The van der Waals surface area contributed by atoms with E-state index in [1.165, 1.54) is 12.5 Å². The second kappa shape index (κ2) is 10.6. The first-order valence-corrected chi connectivity index (χ1v) is 11.0. The molecule has 0 aliphatic carbocycles. The maximum Gasteiger partial charge on any atom is 0.308 e. The number of benzene rings is 2. The molecular formula is C24H30ClN3O2. The summed E-state index contributed by atoms with van der Waals surface area (Å²) in [5, 5.41) is 7.64. The Morgan fingerprint density at radius 2 is 1.70 bits per heavy atom. The van der Waals surface area contributed by atoms with Gasteiger partial charge in [-0.3, -0.25) is 14.7 Å². The van der Waals surface area contributed by atoms with Gasteiger partial charge < -0.3 is 4.74 Å². The Hall–Kier alpha value is -2.37. The van der Waals surface area contributed by atoms with Crippen LogP contribution in [0.15, 0.2) is 41.5 Å². The molecule has 1 aliphatic rings. The molecule has 0 saturated carbocycles. The normalized spacial score (nSPS) is 15.0. The summed E-state index contributed by atoms with van der Waals surface area (Å²) < 4.78 is 5.47. The van der Waals surface area contributed by atoms with E-state index in [0.717, 1.165) is 67.3 Å². The molecule has 160 valence electrons. The molecule has 0 atom stereocenters. The first-order valence-electron chi connectivity index (χ1n) is 10.6. The zero-order valence-corrected chi connectivity index (χ0v) is 18.8. The quantitative estimate of drug-likeness (QED) is 0.369. The third-order valence-electron chi connectivity index (χ3n) is 5.34. The highest BCUT2D eigenvalue weighted by Crippen LogP contribution is 2.27. The lowest BCUT2D eigenvalue weighted by molar-refractivity contribution is -0.132. The van der Waals surface area contributed by atoms with E-state index in [-0.39, 0.29) is 5.97 Å². The van der Waals surface area contributed by atoms with Gasteiger partial charge in [0, 0.05) is 44.7 Å². The molecule has 0 radical (unpaired) electrons. The van der Waals surface area contributed by atoms with Crippen LogP contribution in [0, 0.1) is 0 Å². The van der Waals surface area contributed by atoms with Gasteiger partial charge in [0.1, 0.15) is 5.75 Å². The maximum atomic E-state index is 11.5. The SMILES string of the molecule is CCc1cc(C=NN2CCN(Cc3ccccc3Cl)CC2)cc(CC)c1OC(C)=O. The standard InChI is InChI=1S/C24H30ClN3O2/c1-4-20-14-19(15-21(5-2)24(20)30-18(3)29)16-26-28-12-10-27(11-13-28)17-22-8-6-7-9-23(22)25/h6-9,14-16H,4-5,10-13,17H2,1-3H3. The summed E-state index contributed by atoms with van der Waals surface area (Å²) in [6, 6.07) is 12.2. The molecule has 0 amide bonds. The lowest BCUT2D eigenvalue weighted by atomic mass is 10.0. The molecule has 0 aromatic heterocycles. The third kappa shape index (κ3) is 5.83. The summed E-state index contributed by atoms with van der Waals surface area (Å²) in [6.07, 6.45) is 3.52. The van der Waals surface area contributed by atoms with E-state index in [1.807, 2.05) is 24.4 Å². The van der Waals surface area contributed by atoms with Crippen LogP contribution in [-0.2, 0) is 24.2 Å². The summed E-state index contributed by atoms with van der Waals surface area (Å²) in [5.41, 5.74) is 4.28. The first kappa shape index (κ1) is 22.3. The van der Waals surface area contributed by atoms with E-state index < -0.39 is 0 Å². The fourth-order valence-corrected chi connectivity index (χ4v) is 3.88. The third-order valence-corrected chi connectivity index (χ3v) is 5.71. The molecule has 0 spiro atoms. The summed E-state index contributed by atoms with van der Waals surface area (Å²) in [6.45, 7) is 10.1. The van der Waals surface area contributed by atoms with Crippen molar-refractivity contribution in [2.24, 2.45) is 5.10 Å². The highest BCUT2D eigenvalue weighted by atomic mass is 35.5. The summed E-state index contributed by atoms with van der Waals surface area (Å²) >= 11 is 6.29. The van der Waals surface area contributed by atoms with Crippen LogP contribution >= 0.6 is 11.6 Å². The average Bonchev–Trinajstić information content (AvgIpc) is 2.75.